The second-order valence-electron chi connectivity index (χ2n) is 7.35. The van der Waals surface area contributed by atoms with Crippen LogP contribution in [0.15, 0.2) is 30.3 Å². The van der Waals surface area contributed by atoms with Crippen LogP contribution in [0, 0.1) is 45.8 Å². The fourth-order valence-electron chi connectivity index (χ4n) is 4.89. The highest BCUT2D eigenvalue weighted by Crippen LogP contribution is 2.59. The predicted octanol–water partition coefficient (Wildman–Crippen LogP) is 4.22. The molecule has 0 amide bonds. The molecule has 118 valence electrons. The fraction of sp³-hybridized carbons (Fsp3) is 0.550. The molecule has 2 aliphatic carbocycles. The summed E-state index contributed by atoms with van der Waals surface area (Å²) < 4.78 is 0. The van der Waals surface area contributed by atoms with E-state index in [1.165, 1.54) is 5.56 Å². The minimum atomic E-state index is -0.685. The Kier molecular flexibility index (Phi) is 4.22. The molecular weight excluding hydrogens is 284 g/mol. The van der Waals surface area contributed by atoms with Gasteiger partial charge in [-0.3, -0.25) is 4.79 Å². The third-order valence-electron chi connectivity index (χ3n) is 6.02. The molecule has 0 N–H and O–H groups in total. The van der Waals surface area contributed by atoms with Crippen molar-refractivity contribution in [1.82, 2.24) is 0 Å². The highest BCUT2D eigenvalue weighted by atomic mass is 16.1. The maximum absolute atomic E-state index is 12.5. The zero-order chi connectivity index (χ0) is 16.4. The molecule has 0 heterocycles. The maximum atomic E-state index is 12.5. The summed E-state index contributed by atoms with van der Waals surface area (Å²) in [6, 6.07) is 14.6. The zero-order valence-corrected chi connectivity index (χ0v) is 13.5. The average Bonchev–Trinajstić information content (AvgIpc) is 2.57. The first-order chi connectivity index (χ1) is 11.1. The van der Waals surface area contributed by atoms with Crippen molar-refractivity contribution in [2.24, 2.45) is 23.2 Å². The quantitative estimate of drug-likeness (QED) is 0.821. The molecule has 2 fully saturated rings. The van der Waals surface area contributed by atoms with Gasteiger partial charge in [-0.25, -0.2) is 0 Å². The first-order valence-electron chi connectivity index (χ1n) is 8.46. The lowest BCUT2D eigenvalue weighted by molar-refractivity contribution is -0.131. The lowest BCUT2D eigenvalue weighted by atomic mass is 9.49. The van der Waals surface area contributed by atoms with Crippen LogP contribution >= 0.6 is 0 Å². The van der Waals surface area contributed by atoms with Crippen LogP contribution in [-0.2, 0) is 4.79 Å². The van der Waals surface area contributed by atoms with Gasteiger partial charge in [-0.1, -0.05) is 43.7 Å². The van der Waals surface area contributed by atoms with Crippen LogP contribution in [-0.4, -0.2) is 5.78 Å². The van der Waals surface area contributed by atoms with Gasteiger partial charge in [0.25, 0.3) is 0 Å². The Morgan fingerprint density at radius 2 is 1.91 bits per heavy atom. The number of ketones is 1. The van der Waals surface area contributed by atoms with Crippen LogP contribution < -0.4 is 0 Å². The van der Waals surface area contributed by atoms with Crippen molar-refractivity contribution in [2.75, 3.05) is 0 Å². The van der Waals surface area contributed by atoms with Gasteiger partial charge >= 0.3 is 0 Å². The molecule has 0 aromatic heterocycles. The number of Topliss-reactive ketones (excluding diaryl/α,β-unsaturated/α-hetero) is 1. The summed E-state index contributed by atoms with van der Waals surface area (Å²) in [5.41, 5.74) is 0.727. The topological polar surface area (TPSA) is 64.7 Å². The lowest BCUT2D eigenvalue weighted by Crippen LogP contribution is -2.49. The Balaban J connectivity index is 2.07. The molecule has 4 atom stereocenters. The summed E-state index contributed by atoms with van der Waals surface area (Å²) in [4.78, 5) is 12.5. The van der Waals surface area contributed by atoms with E-state index in [1.807, 2.05) is 18.2 Å². The van der Waals surface area contributed by atoms with Gasteiger partial charge in [-0.05, 0) is 36.2 Å². The molecule has 1 aromatic carbocycles. The molecule has 2 saturated carbocycles. The minimum absolute atomic E-state index is 0.143. The largest absolute Gasteiger partial charge is 0.300 e. The monoisotopic (exact) mass is 306 g/mol. The number of rotatable bonds is 2. The Morgan fingerprint density at radius 3 is 2.57 bits per heavy atom. The Morgan fingerprint density at radius 1 is 1.22 bits per heavy atom. The van der Waals surface area contributed by atoms with Crippen LogP contribution in [0.2, 0.25) is 0 Å². The normalized spacial score (nSPS) is 33.6. The van der Waals surface area contributed by atoms with E-state index in [0.717, 1.165) is 19.3 Å². The third kappa shape index (κ3) is 2.66. The SMILES string of the molecule is CC1CCC2(C(C#N)C#N)CC(=O)CC(c3ccccc3)C2C1. The number of benzene rings is 1. The van der Waals surface area contributed by atoms with Crippen molar-refractivity contribution in [3.05, 3.63) is 35.9 Å². The smallest absolute Gasteiger partial charge is 0.139 e. The van der Waals surface area contributed by atoms with Gasteiger partial charge in [-0.15, -0.1) is 0 Å². The Hall–Kier alpha value is -2.13. The predicted molar refractivity (Wildman–Crippen MR) is 87.1 cm³/mol. The summed E-state index contributed by atoms with van der Waals surface area (Å²) in [7, 11) is 0. The number of nitriles is 2. The van der Waals surface area contributed by atoms with Crippen molar-refractivity contribution < 1.29 is 4.79 Å². The highest BCUT2D eigenvalue weighted by molar-refractivity contribution is 5.81. The van der Waals surface area contributed by atoms with E-state index in [4.69, 9.17) is 0 Å². The molecule has 0 radical (unpaired) electrons. The molecule has 23 heavy (non-hydrogen) atoms. The van der Waals surface area contributed by atoms with Crippen LogP contribution in [0.3, 0.4) is 0 Å². The van der Waals surface area contributed by atoms with Gasteiger partial charge in [0, 0.05) is 18.3 Å². The lowest BCUT2D eigenvalue weighted by Gasteiger charge is -2.52. The third-order valence-corrected chi connectivity index (χ3v) is 6.02. The van der Waals surface area contributed by atoms with Gasteiger partial charge < -0.3 is 0 Å². The highest BCUT2D eigenvalue weighted by Gasteiger charge is 2.55. The van der Waals surface area contributed by atoms with Crippen LogP contribution in [0.1, 0.15) is 50.5 Å². The van der Waals surface area contributed by atoms with E-state index in [0.29, 0.717) is 18.8 Å². The summed E-state index contributed by atoms with van der Waals surface area (Å²) in [6.07, 6.45) is 3.78. The molecule has 0 aliphatic heterocycles. The molecule has 1 aromatic rings. The molecule has 2 aliphatic rings. The van der Waals surface area contributed by atoms with E-state index in [2.05, 4.69) is 31.2 Å². The molecule has 3 nitrogen and oxygen atoms in total. The van der Waals surface area contributed by atoms with E-state index in [-0.39, 0.29) is 17.6 Å². The number of hydrogen-bond donors (Lipinski definition) is 0. The molecule has 0 spiro atoms. The fourth-order valence-corrected chi connectivity index (χ4v) is 4.89. The number of carbonyl (C=O) groups excluding carboxylic acids is 1. The second-order valence-corrected chi connectivity index (χ2v) is 7.35. The summed E-state index contributed by atoms with van der Waals surface area (Å²) in [6.45, 7) is 2.25. The van der Waals surface area contributed by atoms with Crippen molar-refractivity contribution in [2.45, 2.75) is 44.9 Å². The van der Waals surface area contributed by atoms with Gasteiger partial charge in [0.05, 0.1) is 12.1 Å². The second kappa shape index (κ2) is 6.17. The van der Waals surface area contributed by atoms with Gasteiger partial charge in [-0.2, -0.15) is 10.5 Å². The first-order valence-corrected chi connectivity index (χ1v) is 8.46. The van der Waals surface area contributed by atoms with Gasteiger partial charge in [0.15, 0.2) is 0 Å². The van der Waals surface area contributed by atoms with Crippen molar-refractivity contribution in [3.63, 3.8) is 0 Å². The molecule has 3 rings (SSSR count). The van der Waals surface area contributed by atoms with Gasteiger partial charge in [0.2, 0.25) is 0 Å². The number of fused-ring (bicyclic) bond motifs is 1. The Bertz CT molecular complexity index is 655. The number of hydrogen-bond acceptors (Lipinski definition) is 3. The summed E-state index contributed by atoms with van der Waals surface area (Å²) in [5.74, 6) is 0.501. The maximum Gasteiger partial charge on any atom is 0.139 e. The Labute approximate surface area is 137 Å². The number of nitrogens with zero attached hydrogens (tertiary/aromatic N) is 2. The molecular formula is C20H22N2O. The standard InChI is InChI=1S/C20H22N2O/c1-14-7-8-20(16(12-21)13-22)11-17(23)10-18(19(20)9-14)15-5-3-2-4-6-15/h2-6,14,16,18-19H,7-11H2,1H3. The molecule has 0 bridgehead atoms. The average molecular weight is 306 g/mol. The molecule has 3 heteroatoms. The van der Waals surface area contributed by atoms with Gasteiger partial charge in [0.1, 0.15) is 11.7 Å². The van der Waals surface area contributed by atoms with Crippen molar-refractivity contribution in [3.8, 4) is 12.1 Å². The van der Waals surface area contributed by atoms with Crippen LogP contribution in [0.4, 0.5) is 0 Å². The van der Waals surface area contributed by atoms with Crippen LogP contribution in [0.25, 0.3) is 0 Å². The van der Waals surface area contributed by atoms with Crippen molar-refractivity contribution in [1.29, 1.82) is 10.5 Å². The van der Waals surface area contributed by atoms with E-state index in [9.17, 15) is 15.3 Å². The number of carbonyl (C=O) groups is 1. The summed E-state index contributed by atoms with van der Waals surface area (Å²) in [5, 5.41) is 19.1. The van der Waals surface area contributed by atoms with Crippen molar-refractivity contribution >= 4 is 5.78 Å². The van der Waals surface area contributed by atoms with Crippen LogP contribution in [0.5, 0.6) is 0 Å². The molecule has 0 saturated heterocycles. The zero-order valence-electron chi connectivity index (χ0n) is 13.5. The first kappa shape index (κ1) is 15.8. The van der Waals surface area contributed by atoms with E-state index >= 15 is 0 Å². The van der Waals surface area contributed by atoms with E-state index < -0.39 is 11.3 Å². The minimum Gasteiger partial charge on any atom is -0.300 e. The van der Waals surface area contributed by atoms with E-state index in [1.54, 1.807) is 0 Å². The summed E-state index contributed by atoms with van der Waals surface area (Å²) >= 11 is 0. The molecule has 4 unspecified atom stereocenters.